The van der Waals surface area contributed by atoms with E-state index in [-0.39, 0.29) is 11.9 Å². The Hall–Kier alpha value is -2.29. The van der Waals surface area contributed by atoms with Gasteiger partial charge in [0, 0.05) is 16.2 Å². The molecule has 0 fully saturated rings. The van der Waals surface area contributed by atoms with Crippen molar-refractivity contribution in [3.63, 3.8) is 0 Å². The van der Waals surface area contributed by atoms with Crippen LogP contribution in [0.4, 0.5) is 0 Å². The number of carbonyl (C=O) groups excluding carboxylic acids is 1. The first kappa shape index (κ1) is 18.7. The highest BCUT2D eigenvalue weighted by atomic mass is 32.2. The van der Waals surface area contributed by atoms with E-state index < -0.39 is 0 Å². The van der Waals surface area contributed by atoms with Crippen LogP contribution >= 0.6 is 34.4 Å². The largest absolute Gasteiger partial charge is 0.486 e. The zero-order valence-corrected chi connectivity index (χ0v) is 17.9. The van der Waals surface area contributed by atoms with E-state index in [4.69, 9.17) is 14.6 Å². The topological polar surface area (TPSA) is 51.1 Å². The number of rotatable bonds is 5. The molecule has 1 aromatic carbocycles. The third-order valence-electron chi connectivity index (χ3n) is 4.72. The second-order valence-electron chi connectivity index (χ2n) is 6.59. The van der Waals surface area contributed by atoms with Crippen LogP contribution in [0.15, 0.2) is 63.2 Å². The summed E-state index contributed by atoms with van der Waals surface area (Å²) < 4.78 is 11.2. The number of nitrogens with zero attached hydrogens (tertiary/aromatic N) is 2. The van der Waals surface area contributed by atoms with Crippen molar-refractivity contribution >= 4 is 46.1 Å². The second kappa shape index (κ2) is 8.22. The highest BCUT2D eigenvalue weighted by Crippen LogP contribution is 2.38. The molecule has 0 radical (unpaired) electrons. The van der Waals surface area contributed by atoms with Crippen LogP contribution in [0.2, 0.25) is 0 Å². The summed E-state index contributed by atoms with van der Waals surface area (Å²) in [5.74, 6) is 1.83. The van der Waals surface area contributed by atoms with Crippen molar-refractivity contribution in [1.82, 2.24) is 5.01 Å². The van der Waals surface area contributed by atoms with Gasteiger partial charge in [0.2, 0.25) is 0 Å². The standard InChI is InChI=1S/C21H18N2O3S3/c24-21(13-29-14-5-6-17-18(11-14)26-8-7-25-17)23-16(20-4-2-10-28-20)12-15(22-23)19-3-1-9-27-19/h1-6,9-11,16H,7-8,12-13H2/t16-/m1/s1. The number of ether oxygens (including phenoxy) is 2. The fourth-order valence-corrected chi connectivity index (χ4v) is 5.67. The summed E-state index contributed by atoms with van der Waals surface area (Å²) in [6, 6.07) is 14.0. The molecule has 2 aliphatic heterocycles. The molecule has 1 atom stereocenters. The van der Waals surface area contributed by atoms with Crippen LogP contribution in [0.5, 0.6) is 11.5 Å². The Morgan fingerprint density at radius 2 is 1.93 bits per heavy atom. The quantitative estimate of drug-likeness (QED) is 0.519. The van der Waals surface area contributed by atoms with Gasteiger partial charge in [0.15, 0.2) is 11.5 Å². The van der Waals surface area contributed by atoms with E-state index in [2.05, 4.69) is 12.1 Å². The Morgan fingerprint density at radius 3 is 2.72 bits per heavy atom. The molecule has 0 aliphatic carbocycles. The molecule has 29 heavy (non-hydrogen) atoms. The molecule has 148 valence electrons. The lowest BCUT2D eigenvalue weighted by molar-refractivity contribution is -0.130. The van der Waals surface area contributed by atoms with Crippen LogP contribution < -0.4 is 9.47 Å². The van der Waals surface area contributed by atoms with Crippen LogP contribution in [0, 0.1) is 0 Å². The number of fused-ring (bicyclic) bond motifs is 1. The SMILES string of the molecule is O=C(CSc1ccc2c(c1)OCCO2)N1N=C(c2cccs2)C[C@@H]1c1cccs1. The summed E-state index contributed by atoms with van der Waals surface area (Å²) >= 11 is 4.83. The Bertz CT molecular complexity index is 1030. The molecule has 0 saturated carbocycles. The first-order valence-corrected chi connectivity index (χ1v) is 12.0. The van der Waals surface area contributed by atoms with Gasteiger partial charge in [-0.3, -0.25) is 4.79 Å². The molecule has 0 unspecified atom stereocenters. The first-order chi connectivity index (χ1) is 14.3. The van der Waals surface area contributed by atoms with E-state index in [1.54, 1.807) is 27.7 Å². The van der Waals surface area contributed by atoms with Crippen molar-refractivity contribution in [2.24, 2.45) is 5.10 Å². The highest BCUT2D eigenvalue weighted by molar-refractivity contribution is 8.00. The maximum absolute atomic E-state index is 13.1. The second-order valence-corrected chi connectivity index (χ2v) is 9.57. The van der Waals surface area contributed by atoms with Gasteiger partial charge in [-0.2, -0.15) is 5.10 Å². The minimum absolute atomic E-state index is 0.00912. The number of hydrazone groups is 1. The van der Waals surface area contributed by atoms with Crippen molar-refractivity contribution < 1.29 is 14.3 Å². The zero-order valence-electron chi connectivity index (χ0n) is 15.4. The van der Waals surface area contributed by atoms with Gasteiger partial charge >= 0.3 is 0 Å². The summed E-state index contributed by atoms with van der Waals surface area (Å²) in [5, 5.41) is 10.5. The maximum Gasteiger partial charge on any atom is 0.253 e. The van der Waals surface area contributed by atoms with Gasteiger partial charge in [0.25, 0.3) is 5.91 Å². The van der Waals surface area contributed by atoms with Gasteiger partial charge in [-0.15, -0.1) is 34.4 Å². The molecule has 0 bridgehead atoms. The monoisotopic (exact) mass is 442 g/mol. The minimum Gasteiger partial charge on any atom is -0.486 e. The molecule has 3 aromatic rings. The summed E-state index contributed by atoms with van der Waals surface area (Å²) in [6.45, 7) is 1.12. The molecular formula is C21H18N2O3S3. The molecule has 0 spiro atoms. The smallest absolute Gasteiger partial charge is 0.253 e. The van der Waals surface area contributed by atoms with E-state index >= 15 is 0 Å². The van der Waals surface area contributed by atoms with Crippen LogP contribution in [0.25, 0.3) is 0 Å². The Labute approximate surface area is 181 Å². The predicted octanol–water partition coefficient (Wildman–Crippen LogP) is 5.05. The van der Waals surface area contributed by atoms with Crippen molar-refractivity contribution in [3.8, 4) is 11.5 Å². The summed E-state index contributed by atoms with van der Waals surface area (Å²) in [7, 11) is 0. The van der Waals surface area contributed by atoms with Crippen molar-refractivity contribution in [2.45, 2.75) is 17.4 Å². The maximum atomic E-state index is 13.1. The highest BCUT2D eigenvalue weighted by Gasteiger charge is 2.33. The molecule has 2 aromatic heterocycles. The fourth-order valence-electron chi connectivity index (χ4n) is 3.36. The first-order valence-electron chi connectivity index (χ1n) is 9.27. The normalized spacial score (nSPS) is 18.0. The van der Waals surface area contributed by atoms with E-state index in [0.717, 1.165) is 38.3 Å². The van der Waals surface area contributed by atoms with Crippen LogP contribution in [0.1, 0.15) is 22.2 Å². The average molecular weight is 443 g/mol. The lowest BCUT2D eigenvalue weighted by Crippen LogP contribution is -2.28. The fraction of sp³-hybridized carbons (Fsp3) is 0.238. The number of hydrogen-bond acceptors (Lipinski definition) is 7. The number of thiophene rings is 2. The number of amides is 1. The Kier molecular flexibility index (Phi) is 5.30. The molecule has 5 nitrogen and oxygen atoms in total. The number of carbonyl (C=O) groups is 1. The molecule has 0 saturated heterocycles. The lowest BCUT2D eigenvalue weighted by atomic mass is 10.1. The van der Waals surface area contributed by atoms with E-state index in [0.29, 0.717) is 19.0 Å². The molecule has 1 amide bonds. The average Bonchev–Trinajstić information content (AvgIpc) is 3.52. The van der Waals surface area contributed by atoms with Crippen LogP contribution in [-0.4, -0.2) is 35.6 Å². The summed E-state index contributed by atoms with van der Waals surface area (Å²) in [6.07, 6.45) is 0.751. The third-order valence-corrected chi connectivity index (χ3v) is 7.59. The van der Waals surface area contributed by atoms with Gasteiger partial charge in [-0.05, 0) is 41.1 Å². The molecular weight excluding hydrogens is 424 g/mol. The summed E-state index contributed by atoms with van der Waals surface area (Å²) in [5.41, 5.74) is 0.982. The van der Waals surface area contributed by atoms with Crippen LogP contribution in [-0.2, 0) is 4.79 Å². The van der Waals surface area contributed by atoms with E-state index in [1.165, 1.54) is 11.8 Å². The van der Waals surface area contributed by atoms with Gasteiger partial charge in [0.05, 0.1) is 22.4 Å². The third kappa shape index (κ3) is 3.92. The van der Waals surface area contributed by atoms with Gasteiger partial charge < -0.3 is 9.47 Å². The molecule has 8 heteroatoms. The number of benzene rings is 1. The Morgan fingerprint density at radius 1 is 1.10 bits per heavy atom. The Balaban J connectivity index is 1.32. The van der Waals surface area contributed by atoms with E-state index in [1.807, 2.05) is 41.1 Å². The number of thioether (sulfide) groups is 1. The van der Waals surface area contributed by atoms with E-state index in [9.17, 15) is 4.79 Å². The molecule has 2 aliphatic rings. The van der Waals surface area contributed by atoms with Crippen molar-refractivity contribution in [2.75, 3.05) is 19.0 Å². The predicted molar refractivity (Wildman–Crippen MR) is 118 cm³/mol. The summed E-state index contributed by atoms with van der Waals surface area (Å²) in [4.78, 5) is 16.4. The van der Waals surface area contributed by atoms with Crippen LogP contribution in [0.3, 0.4) is 0 Å². The number of hydrogen-bond donors (Lipinski definition) is 0. The van der Waals surface area contributed by atoms with Gasteiger partial charge in [0.1, 0.15) is 13.2 Å². The molecule has 0 N–H and O–H groups in total. The molecule has 5 rings (SSSR count). The lowest BCUT2D eigenvalue weighted by Gasteiger charge is -2.21. The van der Waals surface area contributed by atoms with Crippen molar-refractivity contribution in [3.05, 3.63) is 63.0 Å². The zero-order chi connectivity index (χ0) is 19.6. The van der Waals surface area contributed by atoms with Gasteiger partial charge in [-0.25, -0.2) is 5.01 Å². The van der Waals surface area contributed by atoms with Crippen molar-refractivity contribution in [1.29, 1.82) is 0 Å². The molecule has 4 heterocycles. The van der Waals surface area contributed by atoms with Gasteiger partial charge in [-0.1, -0.05) is 12.1 Å². The minimum atomic E-state index is -0.0273.